The molecule has 2 aromatic rings. The summed E-state index contributed by atoms with van der Waals surface area (Å²) in [5.41, 5.74) is 1.42. The van der Waals surface area contributed by atoms with Gasteiger partial charge in [0.2, 0.25) is 5.91 Å². The van der Waals surface area contributed by atoms with Gasteiger partial charge in [-0.25, -0.2) is 4.98 Å². The van der Waals surface area contributed by atoms with Gasteiger partial charge >= 0.3 is 0 Å². The van der Waals surface area contributed by atoms with Gasteiger partial charge in [0, 0.05) is 12.3 Å². The average Bonchev–Trinajstić information content (AvgIpc) is 2.48. The first kappa shape index (κ1) is 13.8. The molecular formula is C15H10ClN3O. The van der Waals surface area contributed by atoms with Crippen LogP contribution < -0.4 is 5.32 Å². The minimum absolute atomic E-state index is 0.288. The van der Waals surface area contributed by atoms with Crippen molar-refractivity contribution in [2.24, 2.45) is 0 Å². The SMILES string of the molecule is N#Cc1ccc(/C=C/C(=O)Nc2ccc(Cl)cn2)cc1. The molecule has 0 unspecified atom stereocenters. The first-order chi connectivity index (χ1) is 9.67. The zero-order chi connectivity index (χ0) is 14.4. The molecule has 0 aliphatic rings. The monoisotopic (exact) mass is 283 g/mol. The van der Waals surface area contributed by atoms with Crippen LogP contribution in [0.15, 0.2) is 48.7 Å². The van der Waals surface area contributed by atoms with Gasteiger partial charge in [0.05, 0.1) is 16.7 Å². The Morgan fingerprint density at radius 3 is 2.60 bits per heavy atom. The third kappa shape index (κ3) is 3.94. The standard InChI is InChI=1S/C15H10ClN3O/c16-13-6-7-14(18-10-13)19-15(20)8-5-11-1-3-12(9-17)4-2-11/h1-8,10H,(H,18,19,20)/b8-5+. The van der Waals surface area contributed by atoms with Crippen molar-refractivity contribution in [1.29, 1.82) is 5.26 Å². The second kappa shape index (κ2) is 6.50. The molecule has 0 radical (unpaired) electrons. The fraction of sp³-hybridized carbons (Fsp3) is 0. The highest BCUT2D eigenvalue weighted by Crippen LogP contribution is 2.10. The number of aromatic nitrogens is 1. The van der Waals surface area contributed by atoms with Crippen LogP contribution in [0.1, 0.15) is 11.1 Å². The van der Waals surface area contributed by atoms with Crippen molar-refractivity contribution in [3.8, 4) is 6.07 Å². The summed E-state index contributed by atoms with van der Waals surface area (Å²) in [5.74, 6) is 0.146. The second-order valence-corrected chi connectivity index (χ2v) is 4.35. The highest BCUT2D eigenvalue weighted by molar-refractivity contribution is 6.30. The molecule has 5 heteroatoms. The fourth-order valence-electron chi connectivity index (χ4n) is 1.46. The maximum absolute atomic E-state index is 11.7. The Bertz CT molecular complexity index is 670. The third-order valence-electron chi connectivity index (χ3n) is 2.45. The molecule has 0 spiro atoms. The lowest BCUT2D eigenvalue weighted by atomic mass is 10.1. The molecule has 98 valence electrons. The van der Waals surface area contributed by atoms with Crippen LogP contribution in [0.4, 0.5) is 5.82 Å². The molecule has 0 saturated carbocycles. The number of carbonyl (C=O) groups excluding carboxylic acids is 1. The van der Waals surface area contributed by atoms with Crippen LogP contribution >= 0.6 is 11.6 Å². The molecule has 0 aliphatic heterocycles. The van der Waals surface area contributed by atoms with E-state index in [4.69, 9.17) is 16.9 Å². The van der Waals surface area contributed by atoms with E-state index in [2.05, 4.69) is 10.3 Å². The minimum atomic E-state index is -0.288. The van der Waals surface area contributed by atoms with Gasteiger partial charge in [0.25, 0.3) is 0 Å². The summed E-state index contributed by atoms with van der Waals surface area (Å²) in [4.78, 5) is 15.6. The van der Waals surface area contributed by atoms with Crippen LogP contribution in [-0.4, -0.2) is 10.9 Å². The predicted octanol–water partition coefficient (Wildman–Crippen LogP) is 3.26. The number of hydrogen-bond acceptors (Lipinski definition) is 3. The lowest BCUT2D eigenvalue weighted by molar-refractivity contribution is -0.111. The summed E-state index contributed by atoms with van der Waals surface area (Å²) >= 11 is 5.70. The van der Waals surface area contributed by atoms with Gasteiger partial charge in [-0.3, -0.25) is 4.79 Å². The number of rotatable bonds is 3. The predicted molar refractivity (Wildman–Crippen MR) is 78.1 cm³/mol. The van der Waals surface area contributed by atoms with Gasteiger partial charge in [0.1, 0.15) is 5.82 Å². The van der Waals surface area contributed by atoms with E-state index in [1.807, 2.05) is 6.07 Å². The Morgan fingerprint density at radius 1 is 1.25 bits per heavy atom. The maximum Gasteiger partial charge on any atom is 0.249 e. The lowest BCUT2D eigenvalue weighted by Crippen LogP contribution is -2.08. The molecule has 1 aromatic carbocycles. The number of hydrogen-bond donors (Lipinski definition) is 1. The van der Waals surface area contributed by atoms with Crippen molar-refractivity contribution in [3.05, 3.63) is 64.8 Å². The number of pyridine rings is 1. The van der Waals surface area contributed by atoms with Gasteiger partial charge in [0.15, 0.2) is 0 Å². The molecule has 0 fully saturated rings. The highest BCUT2D eigenvalue weighted by Gasteiger charge is 1.99. The molecule has 2 rings (SSSR count). The molecule has 0 bridgehead atoms. The number of anilines is 1. The molecule has 20 heavy (non-hydrogen) atoms. The first-order valence-electron chi connectivity index (χ1n) is 5.78. The molecule has 1 N–H and O–H groups in total. The summed E-state index contributed by atoms with van der Waals surface area (Å²) in [6, 6.07) is 12.2. The van der Waals surface area contributed by atoms with E-state index in [0.29, 0.717) is 16.4 Å². The smallest absolute Gasteiger partial charge is 0.249 e. The van der Waals surface area contributed by atoms with Gasteiger partial charge in [-0.1, -0.05) is 23.7 Å². The summed E-state index contributed by atoms with van der Waals surface area (Å²) in [5, 5.41) is 11.8. The van der Waals surface area contributed by atoms with Gasteiger partial charge < -0.3 is 5.32 Å². The van der Waals surface area contributed by atoms with Gasteiger partial charge in [-0.05, 0) is 35.9 Å². The van der Waals surface area contributed by atoms with Gasteiger partial charge in [-0.15, -0.1) is 0 Å². The van der Waals surface area contributed by atoms with E-state index in [1.54, 1.807) is 42.5 Å². The largest absolute Gasteiger partial charge is 0.307 e. The number of nitrogens with one attached hydrogen (secondary N) is 1. The van der Waals surface area contributed by atoms with Crippen molar-refractivity contribution >= 4 is 29.4 Å². The number of halogens is 1. The number of benzene rings is 1. The van der Waals surface area contributed by atoms with E-state index in [1.165, 1.54) is 12.3 Å². The zero-order valence-electron chi connectivity index (χ0n) is 10.4. The average molecular weight is 284 g/mol. The Labute approximate surface area is 121 Å². The Morgan fingerprint density at radius 2 is 2.00 bits per heavy atom. The molecule has 4 nitrogen and oxygen atoms in total. The van der Waals surface area contributed by atoms with Crippen molar-refractivity contribution in [1.82, 2.24) is 4.98 Å². The summed E-state index contributed by atoms with van der Waals surface area (Å²) < 4.78 is 0. The van der Waals surface area contributed by atoms with Crippen molar-refractivity contribution in [3.63, 3.8) is 0 Å². The van der Waals surface area contributed by atoms with Gasteiger partial charge in [-0.2, -0.15) is 5.26 Å². The molecule has 1 heterocycles. The van der Waals surface area contributed by atoms with Crippen molar-refractivity contribution in [2.75, 3.05) is 5.32 Å². The summed E-state index contributed by atoms with van der Waals surface area (Å²) in [6.45, 7) is 0. The number of carbonyl (C=O) groups is 1. The number of nitrogens with zero attached hydrogens (tertiary/aromatic N) is 2. The van der Waals surface area contributed by atoms with Crippen molar-refractivity contribution in [2.45, 2.75) is 0 Å². The van der Waals surface area contributed by atoms with Crippen molar-refractivity contribution < 1.29 is 4.79 Å². The lowest BCUT2D eigenvalue weighted by Gasteiger charge is -2.00. The van der Waals surface area contributed by atoms with E-state index >= 15 is 0 Å². The minimum Gasteiger partial charge on any atom is -0.307 e. The Balaban J connectivity index is 1.98. The molecule has 0 atom stereocenters. The van der Waals surface area contributed by atoms with Crippen LogP contribution in [-0.2, 0) is 4.79 Å². The second-order valence-electron chi connectivity index (χ2n) is 3.92. The summed E-state index contributed by atoms with van der Waals surface area (Å²) in [7, 11) is 0. The summed E-state index contributed by atoms with van der Waals surface area (Å²) in [6.07, 6.45) is 4.52. The normalized spacial score (nSPS) is 10.2. The Kier molecular flexibility index (Phi) is 4.48. The van der Waals surface area contributed by atoms with E-state index < -0.39 is 0 Å². The van der Waals surface area contributed by atoms with E-state index in [9.17, 15) is 4.79 Å². The van der Waals surface area contributed by atoms with E-state index in [0.717, 1.165) is 5.56 Å². The van der Waals surface area contributed by atoms with Crippen LogP contribution in [0.5, 0.6) is 0 Å². The van der Waals surface area contributed by atoms with Crippen LogP contribution in [0, 0.1) is 11.3 Å². The molecule has 1 aromatic heterocycles. The highest BCUT2D eigenvalue weighted by atomic mass is 35.5. The molecular weight excluding hydrogens is 274 g/mol. The Hall–Kier alpha value is -2.64. The van der Waals surface area contributed by atoms with Crippen LogP contribution in [0.2, 0.25) is 5.02 Å². The quantitative estimate of drug-likeness (QED) is 0.879. The molecule has 0 saturated heterocycles. The number of nitriles is 1. The molecule has 1 amide bonds. The van der Waals surface area contributed by atoms with E-state index in [-0.39, 0.29) is 5.91 Å². The third-order valence-corrected chi connectivity index (χ3v) is 2.67. The number of amides is 1. The topological polar surface area (TPSA) is 65.8 Å². The zero-order valence-corrected chi connectivity index (χ0v) is 11.1. The first-order valence-corrected chi connectivity index (χ1v) is 6.16. The van der Waals surface area contributed by atoms with Crippen LogP contribution in [0.25, 0.3) is 6.08 Å². The fourth-order valence-corrected chi connectivity index (χ4v) is 1.57. The molecule has 0 aliphatic carbocycles. The maximum atomic E-state index is 11.7. The van der Waals surface area contributed by atoms with Crippen LogP contribution in [0.3, 0.4) is 0 Å².